The van der Waals surface area contributed by atoms with Gasteiger partial charge in [-0.05, 0) is 32.3 Å². The summed E-state index contributed by atoms with van der Waals surface area (Å²) in [7, 11) is 1.50. The van der Waals surface area contributed by atoms with Gasteiger partial charge in [0.15, 0.2) is 0 Å². The maximum atomic E-state index is 11.9. The van der Waals surface area contributed by atoms with E-state index in [1.165, 1.54) is 7.11 Å². The number of aromatic hydroxyl groups is 1. The summed E-state index contributed by atoms with van der Waals surface area (Å²) in [5.41, 5.74) is 2.95. The van der Waals surface area contributed by atoms with Crippen LogP contribution in [0.15, 0.2) is 11.6 Å². The summed E-state index contributed by atoms with van der Waals surface area (Å²) in [5.74, 6) is -1.62. The Bertz CT molecular complexity index is 811. The predicted molar refractivity (Wildman–Crippen MR) is 95.9 cm³/mol. The predicted octanol–water partition coefficient (Wildman–Crippen LogP) is 1.85. The van der Waals surface area contributed by atoms with Crippen molar-refractivity contribution in [2.75, 3.05) is 13.7 Å². The van der Waals surface area contributed by atoms with E-state index in [0.29, 0.717) is 29.7 Å². The lowest BCUT2D eigenvalue weighted by atomic mass is 9.94. The van der Waals surface area contributed by atoms with E-state index in [0.717, 1.165) is 11.1 Å². The Balaban J connectivity index is 2.13. The van der Waals surface area contributed by atoms with Crippen LogP contribution in [0.25, 0.3) is 0 Å². The molecule has 146 valence electrons. The first kappa shape index (κ1) is 20.3. The molecule has 0 aromatic heterocycles. The number of hydrogen-bond donors (Lipinski definition) is 3. The minimum absolute atomic E-state index is 0.116. The van der Waals surface area contributed by atoms with Crippen molar-refractivity contribution in [2.45, 2.75) is 39.7 Å². The van der Waals surface area contributed by atoms with Crippen LogP contribution in [0.4, 0.5) is 0 Å². The van der Waals surface area contributed by atoms with E-state index in [2.05, 4.69) is 5.32 Å². The van der Waals surface area contributed by atoms with Crippen LogP contribution in [0, 0.1) is 6.92 Å². The lowest BCUT2D eigenvalue weighted by molar-refractivity contribution is -0.137. The molecule has 1 amide bonds. The van der Waals surface area contributed by atoms with Crippen molar-refractivity contribution in [1.29, 1.82) is 0 Å². The summed E-state index contributed by atoms with van der Waals surface area (Å²) in [5, 5.41) is 21.4. The number of carboxylic acids is 1. The zero-order valence-electron chi connectivity index (χ0n) is 15.5. The smallest absolute Gasteiger partial charge is 0.342 e. The second kappa shape index (κ2) is 8.57. The Morgan fingerprint density at radius 3 is 2.67 bits per heavy atom. The third-order valence-electron chi connectivity index (χ3n) is 4.49. The van der Waals surface area contributed by atoms with Gasteiger partial charge in [0.25, 0.3) is 0 Å². The molecule has 27 heavy (non-hydrogen) atoms. The molecular formula is C19H23NO7. The van der Waals surface area contributed by atoms with Crippen molar-refractivity contribution in [1.82, 2.24) is 5.32 Å². The molecule has 0 aliphatic carbocycles. The number of ether oxygens (including phenoxy) is 2. The number of allylic oxidation sites excluding steroid dienone is 2. The topological polar surface area (TPSA) is 122 Å². The van der Waals surface area contributed by atoms with Crippen molar-refractivity contribution in [3.8, 4) is 11.5 Å². The molecule has 8 nitrogen and oxygen atoms in total. The molecular weight excluding hydrogens is 354 g/mol. The molecule has 0 atom stereocenters. The van der Waals surface area contributed by atoms with Gasteiger partial charge in [-0.3, -0.25) is 9.59 Å². The summed E-state index contributed by atoms with van der Waals surface area (Å²) < 4.78 is 10.4. The van der Waals surface area contributed by atoms with E-state index in [1.54, 1.807) is 0 Å². The molecule has 1 aliphatic heterocycles. The number of carbonyl (C=O) groups excluding carboxylic acids is 2. The fourth-order valence-corrected chi connectivity index (χ4v) is 2.98. The van der Waals surface area contributed by atoms with Gasteiger partial charge in [-0.2, -0.15) is 0 Å². The Morgan fingerprint density at radius 1 is 1.33 bits per heavy atom. The molecule has 1 aromatic carbocycles. The van der Waals surface area contributed by atoms with E-state index < -0.39 is 18.5 Å². The lowest BCUT2D eigenvalue weighted by Gasteiger charge is -2.15. The molecule has 0 unspecified atom stereocenters. The number of phenols is 1. The van der Waals surface area contributed by atoms with Crippen molar-refractivity contribution in [3.05, 3.63) is 33.9 Å². The Morgan fingerprint density at radius 2 is 2.04 bits per heavy atom. The first-order chi connectivity index (χ1) is 12.8. The van der Waals surface area contributed by atoms with Crippen LogP contribution in [0.5, 0.6) is 11.5 Å². The summed E-state index contributed by atoms with van der Waals surface area (Å²) in [6, 6.07) is 0. The minimum Gasteiger partial charge on any atom is -0.507 e. The number of rotatable bonds is 8. The number of aliphatic carboxylic acids is 1. The summed E-state index contributed by atoms with van der Waals surface area (Å²) >= 11 is 0. The quantitative estimate of drug-likeness (QED) is 0.467. The SMILES string of the molecule is COc1c(C)c2c(c(O)c1C/C=C(\C)CCC(=O)NCC(=O)O)C(=O)OC2. The van der Waals surface area contributed by atoms with Crippen molar-refractivity contribution < 1.29 is 34.1 Å². The molecule has 0 fully saturated rings. The Labute approximate surface area is 156 Å². The van der Waals surface area contributed by atoms with Crippen molar-refractivity contribution in [2.24, 2.45) is 0 Å². The van der Waals surface area contributed by atoms with Gasteiger partial charge in [0.05, 0.1) is 7.11 Å². The van der Waals surface area contributed by atoms with Gasteiger partial charge in [-0.15, -0.1) is 0 Å². The highest BCUT2D eigenvalue weighted by Gasteiger charge is 2.31. The van der Waals surface area contributed by atoms with Gasteiger partial charge in [0.1, 0.15) is 30.2 Å². The third kappa shape index (κ3) is 4.58. The molecule has 8 heteroatoms. The number of benzene rings is 1. The summed E-state index contributed by atoms with van der Waals surface area (Å²) in [6.45, 7) is 3.36. The maximum Gasteiger partial charge on any atom is 0.342 e. The number of carboxylic acid groups (broad SMARTS) is 1. The van der Waals surface area contributed by atoms with Crippen LogP contribution in [-0.2, 0) is 27.4 Å². The average molecular weight is 377 g/mol. The van der Waals surface area contributed by atoms with Crippen molar-refractivity contribution >= 4 is 17.8 Å². The van der Waals surface area contributed by atoms with Crippen LogP contribution < -0.4 is 10.1 Å². The zero-order chi connectivity index (χ0) is 20.1. The average Bonchev–Trinajstić information content (AvgIpc) is 3.02. The van der Waals surface area contributed by atoms with Gasteiger partial charge in [-0.1, -0.05) is 11.6 Å². The number of esters is 1. The minimum atomic E-state index is -1.09. The number of amides is 1. The summed E-state index contributed by atoms with van der Waals surface area (Å²) in [6.07, 6.45) is 2.77. The second-order valence-corrected chi connectivity index (χ2v) is 6.34. The van der Waals surface area contributed by atoms with Gasteiger partial charge in [-0.25, -0.2) is 4.79 Å². The third-order valence-corrected chi connectivity index (χ3v) is 4.49. The van der Waals surface area contributed by atoms with Gasteiger partial charge < -0.3 is 25.0 Å². The monoisotopic (exact) mass is 377 g/mol. The zero-order valence-corrected chi connectivity index (χ0v) is 15.5. The van der Waals surface area contributed by atoms with Crippen LogP contribution in [0.1, 0.15) is 46.8 Å². The largest absolute Gasteiger partial charge is 0.507 e. The highest BCUT2D eigenvalue weighted by Crippen LogP contribution is 2.42. The molecule has 0 saturated carbocycles. The first-order valence-electron chi connectivity index (χ1n) is 8.48. The normalized spacial score (nSPS) is 13.1. The van der Waals surface area contributed by atoms with E-state index in [1.807, 2.05) is 19.9 Å². The van der Waals surface area contributed by atoms with Gasteiger partial charge in [0.2, 0.25) is 5.91 Å². The highest BCUT2D eigenvalue weighted by atomic mass is 16.5. The molecule has 0 radical (unpaired) electrons. The fraction of sp³-hybridized carbons (Fsp3) is 0.421. The number of hydrogen-bond acceptors (Lipinski definition) is 6. The molecule has 0 bridgehead atoms. The number of nitrogens with one attached hydrogen (secondary N) is 1. The standard InChI is InChI=1S/C19H23NO7/c1-10(5-7-14(21)20-8-15(22)23)4-6-12-17(24)16-13(9-27-19(16)25)11(2)18(12)26-3/h4,24H,5-9H2,1-3H3,(H,20,21)(H,22,23)/b10-4+. The number of phenolic OH excluding ortho intramolecular Hbond substituents is 1. The molecule has 3 N–H and O–H groups in total. The maximum absolute atomic E-state index is 11.9. The molecule has 0 saturated heterocycles. The number of methoxy groups -OCH3 is 1. The van der Waals surface area contributed by atoms with Gasteiger partial charge in [0, 0.05) is 17.5 Å². The molecule has 2 rings (SSSR count). The number of carbonyl (C=O) groups is 3. The first-order valence-corrected chi connectivity index (χ1v) is 8.48. The fourth-order valence-electron chi connectivity index (χ4n) is 2.98. The van der Waals surface area contributed by atoms with Crippen LogP contribution >= 0.6 is 0 Å². The number of fused-ring (bicyclic) bond motifs is 1. The second-order valence-electron chi connectivity index (χ2n) is 6.34. The Hall–Kier alpha value is -3.03. The summed E-state index contributed by atoms with van der Waals surface area (Å²) in [4.78, 5) is 33.9. The molecule has 1 aromatic rings. The van der Waals surface area contributed by atoms with Crippen LogP contribution in [0.3, 0.4) is 0 Å². The van der Waals surface area contributed by atoms with E-state index >= 15 is 0 Å². The molecule has 0 spiro atoms. The lowest BCUT2D eigenvalue weighted by Crippen LogP contribution is -2.28. The van der Waals surface area contributed by atoms with E-state index in [9.17, 15) is 19.5 Å². The molecule has 1 aliphatic rings. The highest BCUT2D eigenvalue weighted by molar-refractivity contribution is 5.98. The number of cyclic esters (lactones) is 1. The van der Waals surface area contributed by atoms with Gasteiger partial charge >= 0.3 is 11.9 Å². The van der Waals surface area contributed by atoms with Crippen LogP contribution in [-0.4, -0.2) is 41.7 Å². The molecule has 1 heterocycles. The van der Waals surface area contributed by atoms with Crippen molar-refractivity contribution in [3.63, 3.8) is 0 Å². The van der Waals surface area contributed by atoms with E-state index in [-0.39, 0.29) is 30.2 Å². The Kier molecular flexibility index (Phi) is 6.44. The van der Waals surface area contributed by atoms with Crippen LogP contribution in [0.2, 0.25) is 0 Å². The van der Waals surface area contributed by atoms with E-state index in [4.69, 9.17) is 14.6 Å².